The second-order valence-corrected chi connectivity index (χ2v) is 5.31. The van der Waals surface area contributed by atoms with Crippen molar-refractivity contribution in [1.29, 1.82) is 0 Å². The molecule has 1 rings (SSSR count). The van der Waals surface area contributed by atoms with E-state index in [2.05, 4.69) is 5.32 Å². The summed E-state index contributed by atoms with van der Waals surface area (Å²) in [6, 6.07) is 9.89. The van der Waals surface area contributed by atoms with Crippen LogP contribution in [0.2, 0.25) is 0 Å². The summed E-state index contributed by atoms with van der Waals surface area (Å²) in [7, 11) is 0. The SMILES string of the molecule is CC(CC=O)(CC=O)CC(=O)NCCc1ccccc1. The highest BCUT2D eigenvalue weighted by atomic mass is 16.1. The topological polar surface area (TPSA) is 63.2 Å². The van der Waals surface area contributed by atoms with Crippen LogP contribution in [0.5, 0.6) is 0 Å². The smallest absolute Gasteiger partial charge is 0.220 e. The Morgan fingerprint density at radius 3 is 2.30 bits per heavy atom. The van der Waals surface area contributed by atoms with Crippen LogP contribution < -0.4 is 5.32 Å². The summed E-state index contributed by atoms with van der Waals surface area (Å²) < 4.78 is 0. The fourth-order valence-corrected chi connectivity index (χ4v) is 2.07. The third-order valence-corrected chi connectivity index (χ3v) is 3.32. The van der Waals surface area contributed by atoms with Crippen molar-refractivity contribution in [2.45, 2.75) is 32.6 Å². The molecule has 0 aromatic heterocycles. The normalized spacial score (nSPS) is 10.8. The molecule has 0 bridgehead atoms. The second-order valence-electron chi connectivity index (χ2n) is 5.31. The lowest BCUT2D eigenvalue weighted by atomic mass is 9.81. The predicted octanol–water partition coefficient (Wildman–Crippen LogP) is 1.92. The zero-order chi connectivity index (χ0) is 14.8. The largest absolute Gasteiger partial charge is 0.356 e. The number of amides is 1. The lowest BCUT2D eigenvalue weighted by Gasteiger charge is -2.24. The molecule has 1 N–H and O–H groups in total. The van der Waals surface area contributed by atoms with E-state index in [0.717, 1.165) is 24.6 Å². The molecule has 0 aliphatic heterocycles. The van der Waals surface area contributed by atoms with E-state index in [4.69, 9.17) is 0 Å². The zero-order valence-electron chi connectivity index (χ0n) is 11.8. The summed E-state index contributed by atoms with van der Waals surface area (Å²) in [5, 5.41) is 2.83. The highest BCUT2D eigenvalue weighted by Gasteiger charge is 2.26. The fraction of sp³-hybridized carbons (Fsp3) is 0.438. The summed E-state index contributed by atoms with van der Waals surface area (Å²) in [5.74, 6) is -0.118. The molecule has 0 aliphatic carbocycles. The molecule has 0 saturated heterocycles. The van der Waals surface area contributed by atoms with Gasteiger partial charge < -0.3 is 14.9 Å². The predicted molar refractivity (Wildman–Crippen MR) is 77.2 cm³/mol. The Labute approximate surface area is 119 Å². The van der Waals surface area contributed by atoms with Gasteiger partial charge in [-0.1, -0.05) is 37.3 Å². The van der Waals surface area contributed by atoms with Crippen molar-refractivity contribution in [2.24, 2.45) is 5.41 Å². The number of hydrogen-bond acceptors (Lipinski definition) is 3. The maximum Gasteiger partial charge on any atom is 0.220 e. The molecule has 4 nitrogen and oxygen atoms in total. The van der Waals surface area contributed by atoms with Crippen LogP contribution in [-0.2, 0) is 20.8 Å². The number of carbonyl (C=O) groups excluding carboxylic acids is 3. The number of hydrogen-bond donors (Lipinski definition) is 1. The van der Waals surface area contributed by atoms with Gasteiger partial charge in [0.1, 0.15) is 12.6 Å². The Hall–Kier alpha value is -1.97. The molecular weight excluding hydrogens is 254 g/mol. The van der Waals surface area contributed by atoms with Gasteiger partial charge in [0.15, 0.2) is 0 Å². The van der Waals surface area contributed by atoms with E-state index in [9.17, 15) is 14.4 Å². The van der Waals surface area contributed by atoms with Gasteiger partial charge in [0.2, 0.25) is 5.91 Å². The van der Waals surface area contributed by atoms with Gasteiger partial charge in [0, 0.05) is 25.8 Å². The first-order valence-corrected chi connectivity index (χ1v) is 6.77. The third kappa shape index (κ3) is 5.78. The third-order valence-electron chi connectivity index (χ3n) is 3.32. The minimum Gasteiger partial charge on any atom is -0.356 e. The molecule has 0 heterocycles. The van der Waals surface area contributed by atoms with Gasteiger partial charge >= 0.3 is 0 Å². The molecule has 0 atom stereocenters. The zero-order valence-corrected chi connectivity index (χ0v) is 11.8. The number of aldehydes is 2. The quantitative estimate of drug-likeness (QED) is 0.700. The summed E-state index contributed by atoms with van der Waals surface area (Å²) in [6.07, 6.45) is 2.93. The summed E-state index contributed by atoms with van der Waals surface area (Å²) in [6.45, 7) is 2.34. The van der Waals surface area contributed by atoms with E-state index in [1.165, 1.54) is 0 Å². The van der Waals surface area contributed by atoms with Gasteiger partial charge in [-0.3, -0.25) is 4.79 Å². The van der Waals surface area contributed by atoms with Crippen molar-refractivity contribution in [3.05, 3.63) is 35.9 Å². The van der Waals surface area contributed by atoms with Gasteiger partial charge in [-0.2, -0.15) is 0 Å². The Kier molecular flexibility index (Phi) is 6.64. The number of nitrogens with one attached hydrogen (secondary N) is 1. The average Bonchev–Trinajstić information content (AvgIpc) is 2.40. The van der Waals surface area contributed by atoms with E-state index in [1.54, 1.807) is 6.92 Å². The minimum atomic E-state index is -0.569. The maximum atomic E-state index is 11.9. The Balaban J connectivity index is 2.38. The minimum absolute atomic E-state index is 0.118. The molecule has 1 aromatic rings. The van der Waals surface area contributed by atoms with E-state index in [-0.39, 0.29) is 25.2 Å². The summed E-state index contributed by atoms with van der Waals surface area (Å²) in [4.78, 5) is 33.1. The van der Waals surface area contributed by atoms with Gasteiger partial charge in [0.05, 0.1) is 0 Å². The molecule has 4 heteroatoms. The van der Waals surface area contributed by atoms with Crippen LogP contribution in [0, 0.1) is 5.41 Å². The lowest BCUT2D eigenvalue weighted by molar-refractivity contribution is -0.124. The molecule has 108 valence electrons. The lowest BCUT2D eigenvalue weighted by Crippen LogP contribution is -2.32. The van der Waals surface area contributed by atoms with Crippen molar-refractivity contribution >= 4 is 18.5 Å². The first-order valence-electron chi connectivity index (χ1n) is 6.77. The van der Waals surface area contributed by atoms with Crippen molar-refractivity contribution in [3.8, 4) is 0 Å². The molecular formula is C16H21NO3. The Bertz CT molecular complexity index is 432. The summed E-state index contributed by atoms with van der Waals surface area (Å²) >= 11 is 0. The van der Waals surface area contributed by atoms with Crippen LogP contribution in [-0.4, -0.2) is 25.0 Å². The second kappa shape index (κ2) is 8.25. The molecule has 0 fully saturated rings. The first kappa shape index (κ1) is 16.1. The van der Waals surface area contributed by atoms with Gasteiger partial charge in [-0.15, -0.1) is 0 Å². The maximum absolute atomic E-state index is 11.9. The molecule has 0 spiro atoms. The van der Waals surface area contributed by atoms with Crippen molar-refractivity contribution < 1.29 is 14.4 Å². The van der Waals surface area contributed by atoms with E-state index < -0.39 is 5.41 Å². The van der Waals surface area contributed by atoms with Gasteiger partial charge in [-0.05, 0) is 17.4 Å². The van der Waals surface area contributed by atoms with Crippen molar-refractivity contribution in [1.82, 2.24) is 5.32 Å². The summed E-state index contributed by atoms with van der Waals surface area (Å²) in [5.41, 5.74) is 0.594. The van der Waals surface area contributed by atoms with Crippen LogP contribution in [0.15, 0.2) is 30.3 Å². The molecule has 20 heavy (non-hydrogen) atoms. The number of carbonyl (C=O) groups is 3. The van der Waals surface area contributed by atoms with Gasteiger partial charge in [0.25, 0.3) is 0 Å². The van der Waals surface area contributed by atoms with Crippen molar-refractivity contribution in [2.75, 3.05) is 6.54 Å². The monoisotopic (exact) mass is 275 g/mol. The molecule has 0 aliphatic rings. The van der Waals surface area contributed by atoms with E-state index >= 15 is 0 Å². The van der Waals surface area contributed by atoms with Crippen LogP contribution in [0.3, 0.4) is 0 Å². The highest BCUT2D eigenvalue weighted by molar-refractivity contribution is 5.77. The standard InChI is InChI=1S/C16H21NO3/c1-16(8-11-18,9-12-19)13-15(20)17-10-7-14-5-3-2-4-6-14/h2-6,11-12H,7-10,13H2,1H3,(H,17,20). The van der Waals surface area contributed by atoms with Gasteiger partial charge in [-0.25, -0.2) is 0 Å². The van der Waals surface area contributed by atoms with E-state index in [0.29, 0.717) is 6.54 Å². The van der Waals surface area contributed by atoms with Crippen LogP contribution in [0.4, 0.5) is 0 Å². The first-order chi connectivity index (χ1) is 9.59. The molecule has 1 aromatic carbocycles. The van der Waals surface area contributed by atoms with Crippen molar-refractivity contribution in [3.63, 3.8) is 0 Å². The fourth-order valence-electron chi connectivity index (χ4n) is 2.07. The van der Waals surface area contributed by atoms with Crippen LogP contribution in [0.25, 0.3) is 0 Å². The Morgan fingerprint density at radius 1 is 1.15 bits per heavy atom. The van der Waals surface area contributed by atoms with Crippen LogP contribution >= 0.6 is 0 Å². The number of rotatable bonds is 9. The molecule has 0 saturated carbocycles. The molecule has 1 amide bonds. The molecule has 0 unspecified atom stereocenters. The highest BCUT2D eigenvalue weighted by Crippen LogP contribution is 2.28. The van der Waals surface area contributed by atoms with E-state index in [1.807, 2.05) is 30.3 Å². The van der Waals surface area contributed by atoms with Crippen LogP contribution in [0.1, 0.15) is 31.7 Å². The number of benzene rings is 1. The molecule has 0 radical (unpaired) electrons. The average molecular weight is 275 g/mol. The Morgan fingerprint density at radius 2 is 1.75 bits per heavy atom.